The molecule has 36 heavy (non-hydrogen) atoms. The first kappa shape index (κ1) is 23.6. The summed E-state index contributed by atoms with van der Waals surface area (Å²) in [6, 6.07) is 17.2. The number of hydrogen-bond acceptors (Lipinski definition) is 6. The number of carbonyl (C=O) groups is 1. The summed E-state index contributed by atoms with van der Waals surface area (Å²) in [5, 5.41) is 11.2. The SMILES string of the molecule is C=C1Nc2nc(SCc3ccccc3F)nn2C(c2cccc(OC)c2)C1C(=O)Nc1ccc[nH+]c1. The van der Waals surface area contributed by atoms with E-state index in [4.69, 9.17) is 9.84 Å². The Morgan fingerprint density at radius 2 is 2.11 bits per heavy atom. The van der Waals surface area contributed by atoms with Crippen LogP contribution < -0.4 is 20.4 Å². The number of ether oxygens (including phenoxy) is 1. The van der Waals surface area contributed by atoms with E-state index in [1.165, 1.54) is 17.8 Å². The van der Waals surface area contributed by atoms with E-state index in [2.05, 4.69) is 27.2 Å². The fourth-order valence-electron chi connectivity index (χ4n) is 4.11. The number of nitrogens with one attached hydrogen (secondary N) is 3. The molecule has 2 unspecified atom stereocenters. The van der Waals surface area contributed by atoms with Crippen molar-refractivity contribution in [2.24, 2.45) is 5.92 Å². The summed E-state index contributed by atoms with van der Waals surface area (Å²) in [5.41, 5.74) is 2.50. The average molecular weight is 504 g/mol. The number of aromatic nitrogens is 4. The zero-order valence-corrected chi connectivity index (χ0v) is 20.3. The topological polar surface area (TPSA) is 95.2 Å². The number of hydrogen-bond donors (Lipinski definition) is 2. The van der Waals surface area contributed by atoms with Crippen LogP contribution in [0.2, 0.25) is 0 Å². The molecule has 2 atom stereocenters. The van der Waals surface area contributed by atoms with Gasteiger partial charge in [0.2, 0.25) is 17.0 Å². The molecular weight excluding hydrogens is 479 g/mol. The molecule has 0 aliphatic carbocycles. The van der Waals surface area contributed by atoms with Crippen molar-refractivity contribution in [1.82, 2.24) is 14.8 Å². The van der Waals surface area contributed by atoms with E-state index in [1.54, 1.807) is 54.5 Å². The fraction of sp³-hybridized carbons (Fsp3) is 0.154. The van der Waals surface area contributed by atoms with Gasteiger partial charge in [-0.1, -0.05) is 48.7 Å². The van der Waals surface area contributed by atoms with Crippen molar-refractivity contribution < 1.29 is 18.9 Å². The summed E-state index contributed by atoms with van der Waals surface area (Å²) in [6.07, 6.45) is 3.47. The Morgan fingerprint density at radius 3 is 2.89 bits per heavy atom. The maximum absolute atomic E-state index is 14.1. The van der Waals surface area contributed by atoms with Crippen LogP contribution in [0.1, 0.15) is 17.2 Å². The number of nitrogens with zero attached hydrogens (tertiary/aromatic N) is 3. The van der Waals surface area contributed by atoms with Crippen molar-refractivity contribution in [3.05, 3.63) is 102 Å². The third kappa shape index (κ3) is 4.80. The molecular formula is C26H24FN6O2S+. The molecule has 10 heteroatoms. The highest BCUT2D eigenvalue weighted by Crippen LogP contribution is 2.40. The van der Waals surface area contributed by atoms with Gasteiger partial charge in [-0.15, -0.1) is 5.10 Å². The Morgan fingerprint density at radius 1 is 1.25 bits per heavy atom. The second-order valence-electron chi connectivity index (χ2n) is 8.17. The minimum Gasteiger partial charge on any atom is -0.497 e. The van der Waals surface area contributed by atoms with E-state index in [0.717, 1.165) is 5.56 Å². The Balaban J connectivity index is 1.50. The Hall–Kier alpha value is -4.18. The molecule has 0 spiro atoms. The summed E-state index contributed by atoms with van der Waals surface area (Å²) >= 11 is 1.32. The van der Waals surface area contributed by atoms with Crippen LogP contribution in [0.4, 0.5) is 16.0 Å². The van der Waals surface area contributed by atoms with E-state index >= 15 is 0 Å². The molecule has 2 aromatic carbocycles. The van der Waals surface area contributed by atoms with Gasteiger partial charge in [-0.3, -0.25) is 4.79 Å². The third-order valence-electron chi connectivity index (χ3n) is 5.85. The van der Waals surface area contributed by atoms with Crippen molar-refractivity contribution in [3.63, 3.8) is 0 Å². The lowest BCUT2D eigenvalue weighted by molar-refractivity contribution is -0.377. The van der Waals surface area contributed by atoms with Crippen LogP contribution in [0.25, 0.3) is 0 Å². The molecule has 0 saturated carbocycles. The number of halogens is 1. The molecule has 0 radical (unpaired) electrons. The number of methoxy groups -OCH3 is 1. The Bertz CT molecular complexity index is 1410. The number of fused-ring (bicyclic) bond motifs is 1. The van der Waals surface area contributed by atoms with E-state index in [1.807, 2.05) is 24.3 Å². The molecule has 3 heterocycles. The van der Waals surface area contributed by atoms with Crippen LogP contribution in [0.5, 0.6) is 5.75 Å². The molecule has 0 bridgehead atoms. The lowest BCUT2D eigenvalue weighted by Gasteiger charge is -2.33. The normalized spacial score (nSPS) is 16.7. The number of thioether (sulfide) groups is 1. The van der Waals surface area contributed by atoms with Gasteiger partial charge in [-0.25, -0.2) is 14.1 Å². The molecule has 1 aliphatic heterocycles. The van der Waals surface area contributed by atoms with Gasteiger partial charge in [0, 0.05) is 17.5 Å². The molecule has 0 fully saturated rings. The monoisotopic (exact) mass is 503 g/mol. The molecule has 5 rings (SSSR count). The van der Waals surface area contributed by atoms with Gasteiger partial charge in [0.15, 0.2) is 12.4 Å². The van der Waals surface area contributed by atoms with Crippen LogP contribution in [-0.4, -0.2) is 27.8 Å². The predicted octanol–water partition coefficient (Wildman–Crippen LogP) is 4.32. The van der Waals surface area contributed by atoms with Crippen LogP contribution >= 0.6 is 11.8 Å². The first-order chi connectivity index (χ1) is 17.5. The maximum Gasteiger partial charge on any atom is 0.236 e. The van der Waals surface area contributed by atoms with Gasteiger partial charge in [0.05, 0.1) is 13.2 Å². The number of H-pyrrole nitrogens is 1. The van der Waals surface area contributed by atoms with Crippen molar-refractivity contribution in [2.75, 3.05) is 17.7 Å². The first-order valence-electron chi connectivity index (χ1n) is 11.2. The quantitative estimate of drug-likeness (QED) is 0.365. The number of aromatic amines is 1. The Kier molecular flexibility index (Phi) is 6.68. The minimum atomic E-state index is -0.698. The lowest BCUT2D eigenvalue weighted by Crippen LogP contribution is -2.39. The summed E-state index contributed by atoms with van der Waals surface area (Å²) in [6.45, 7) is 4.14. The number of carbonyl (C=O) groups excluding carboxylic acids is 1. The van der Waals surface area contributed by atoms with Gasteiger partial charge in [-0.05, 0) is 35.4 Å². The van der Waals surface area contributed by atoms with Crippen LogP contribution in [0.15, 0.2) is 90.5 Å². The molecule has 4 aromatic rings. The van der Waals surface area contributed by atoms with Crippen LogP contribution in [0, 0.1) is 11.7 Å². The number of pyridine rings is 1. The van der Waals surface area contributed by atoms with Gasteiger partial charge >= 0.3 is 0 Å². The van der Waals surface area contributed by atoms with Crippen molar-refractivity contribution in [2.45, 2.75) is 17.0 Å². The van der Waals surface area contributed by atoms with Gasteiger partial charge in [-0.2, -0.15) is 4.98 Å². The molecule has 8 nitrogen and oxygen atoms in total. The highest BCUT2D eigenvalue weighted by Gasteiger charge is 2.40. The van der Waals surface area contributed by atoms with Gasteiger partial charge in [0.1, 0.15) is 23.2 Å². The minimum absolute atomic E-state index is 0.248. The van der Waals surface area contributed by atoms with Crippen molar-refractivity contribution in [1.29, 1.82) is 0 Å². The molecule has 3 N–H and O–H groups in total. The largest absolute Gasteiger partial charge is 0.497 e. The zero-order valence-electron chi connectivity index (χ0n) is 19.4. The summed E-state index contributed by atoms with van der Waals surface area (Å²) in [5.74, 6) is 0.266. The predicted molar refractivity (Wildman–Crippen MR) is 135 cm³/mol. The third-order valence-corrected chi connectivity index (χ3v) is 6.73. The first-order valence-corrected chi connectivity index (χ1v) is 12.2. The van der Waals surface area contributed by atoms with Crippen molar-refractivity contribution in [3.8, 4) is 5.75 Å². The molecule has 1 aliphatic rings. The number of rotatable bonds is 7. The lowest BCUT2D eigenvalue weighted by atomic mass is 9.88. The van der Waals surface area contributed by atoms with E-state index < -0.39 is 12.0 Å². The van der Waals surface area contributed by atoms with E-state index in [9.17, 15) is 9.18 Å². The average Bonchev–Trinajstić information content (AvgIpc) is 3.30. The molecule has 182 valence electrons. The second kappa shape index (κ2) is 10.2. The number of anilines is 2. The maximum atomic E-state index is 14.1. The fourth-order valence-corrected chi connectivity index (χ4v) is 4.92. The van der Waals surface area contributed by atoms with Gasteiger partial charge in [0.25, 0.3) is 0 Å². The van der Waals surface area contributed by atoms with Crippen LogP contribution in [-0.2, 0) is 10.5 Å². The number of benzene rings is 2. The Labute approximate surface area is 211 Å². The molecule has 2 aromatic heterocycles. The smallest absolute Gasteiger partial charge is 0.236 e. The summed E-state index contributed by atoms with van der Waals surface area (Å²) < 4.78 is 21.2. The zero-order chi connectivity index (χ0) is 25.1. The number of amides is 1. The van der Waals surface area contributed by atoms with Crippen LogP contribution in [0.3, 0.4) is 0 Å². The summed E-state index contributed by atoms with van der Waals surface area (Å²) in [4.78, 5) is 21.1. The second-order valence-corrected chi connectivity index (χ2v) is 9.12. The standard InChI is InChI=1S/C26H23FN6O2S/c1-16-22(24(34)30-19-9-6-12-28-14-19)23(17-8-5-10-20(13-17)35-2)33-25(29-16)31-26(32-33)36-15-18-7-3-4-11-21(18)27/h3-14,22-23H,1,15H2,2H3,(H,30,34)(H,29,31,32)/p+1. The highest BCUT2D eigenvalue weighted by atomic mass is 32.2. The summed E-state index contributed by atoms with van der Waals surface area (Å²) in [7, 11) is 1.59. The van der Waals surface area contributed by atoms with Gasteiger partial charge < -0.3 is 15.4 Å². The highest BCUT2D eigenvalue weighted by molar-refractivity contribution is 7.98. The molecule has 0 saturated heterocycles. The van der Waals surface area contributed by atoms with E-state index in [0.29, 0.717) is 39.6 Å². The van der Waals surface area contributed by atoms with E-state index in [-0.39, 0.29) is 11.7 Å². The van der Waals surface area contributed by atoms with Crippen molar-refractivity contribution >= 4 is 29.3 Å². The molecule has 1 amide bonds.